The summed E-state index contributed by atoms with van der Waals surface area (Å²) >= 11 is 6.03. The van der Waals surface area contributed by atoms with E-state index in [1.54, 1.807) is 23.2 Å². The lowest BCUT2D eigenvalue weighted by molar-refractivity contribution is -0.118. The van der Waals surface area contributed by atoms with Crippen LogP contribution >= 0.6 is 11.6 Å². The fraction of sp³-hybridized carbons (Fsp3) is 0.241. The highest BCUT2D eigenvalue weighted by molar-refractivity contribution is 7.89. The number of sulfonamides is 1. The summed E-state index contributed by atoms with van der Waals surface area (Å²) in [5.74, 6) is 0.739. The van der Waals surface area contributed by atoms with Gasteiger partial charge in [-0.3, -0.25) is 4.79 Å². The quantitative estimate of drug-likeness (QED) is 0.311. The molecule has 1 atom stereocenters. The van der Waals surface area contributed by atoms with Gasteiger partial charge in [0.25, 0.3) is 0 Å². The SMILES string of the molecule is Cn1ccnc1CN(C(=O)CCc1ccccc1)c1ccc2c(c1)C(NS(=O)(=O)c1cccc(Cl)c1)CC2. The third-order valence-electron chi connectivity index (χ3n) is 6.91. The van der Waals surface area contributed by atoms with E-state index in [0.29, 0.717) is 30.8 Å². The second-order valence-electron chi connectivity index (χ2n) is 9.47. The summed E-state index contributed by atoms with van der Waals surface area (Å²) in [7, 11) is -1.87. The number of hydrogen-bond acceptors (Lipinski definition) is 4. The second kappa shape index (κ2) is 11.1. The van der Waals surface area contributed by atoms with E-state index >= 15 is 0 Å². The molecule has 0 fully saturated rings. The number of aromatic nitrogens is 2. The van der Waals surface area contributed by atoms with E-state index < -0.39 is 16.1 Å². The number of fused-ring (bicyclic) bond motifs is 1. The van der Waals surface area contributed by atoms with Gasteiger partial charge in [-0.1, -0.05) is 54.1 Å². The molecule has 1 aliphatic rings. The molecule has 9 heteroatoms. The van der Waals surface area contributed by atoms with Crippen molar-refractivity contribution in [3.8, 4) is 0 Å². The lowest BCUT2D eigenvalue weighted by atomic mass is 10.1. The number of halogens is 1. The summed E-state index contributed by atoms with van der Waals surface area (Å²) in [5.41, 5.74) is 3.77. The van der Waals surface area contributed by atoms with Gasteiger partial charge in [0.1, 0.15) is 5.82 Å². The van der Waals surface area contributed by atoms with E-state index in [9.17, 15) is 13.2 Å². The number of anilines is 1. The first kappa shape index (κ1) is 26.2. The van der Waals surface area contributed by atoms with Crippen molar-refractivity contribution in [2.45, 2.75) is 43.2 Å². The van der Waals surface area contributed by atoms with Gasteiger partial charge < -0.3 is 9.47 Å². The van der Waals surface area contributed by atoms with Crippen LogP contribution < -0.4 is 9.62 Å². The number of carbonyl (C=O) groups excluding carboxylic acids is 1. The Labute approximate surface area is 228 Å². The fourth-order valence-electron chi connectivity index (χ4n) is 4.81. The predicted molar refractivity (Wildman–Crippen MR) is 148 cm³/mol. The van der Waals surface area contributed by atoms with Crippen LogP contribution in [0, 0.1) is 0 Å². The summed E-state index contributed by atoms with van der Waals surface area (Å²) < 4.78 is 30.9. The lowest BCUT2D eigenvalue weighted by Crippen LogP contribution is -2.32. The van der Waals surface area contributed by atoms with Crippen LogP contribution in [0.1, 0.15) is 41.4 Å². The Morgan fingerprint density at radius 1 is 1.11 bits per heavy atom. The van der Waals surface area contributed by atoms with E-state index in [4.69, 9.17) is 11.6 Å². The molecule has 0 saturated heterocycles. The third kappa shape index (κ3) is 5.83. The van der Waals surface area contributed by atoms with Gasteiger partial charge in [0.15, 0.2) is 0 Å². The minimum atomic E-state index is -3.77. The number of nitrogens with one attached hydrogen (secondary N) is 1. The van der Waals surface area contributed by atoms with Gasteiger partial charge in [0, 0.05) is 42.6 Å². The molecule has 1 heterocycles. The Morgan fingerprint density at radius 2 is 1.92 bits per heavy atom. The molecule has 1 aromatic heterocycles. The van der Waals surface area contributed by atoms with E-state index in [1.807, 2.05) is 66.3 Å². The number of hydrogen-bond donors (Lipinski definition) is 1. The van der Waals surface area contributed by atoms with Gasteiger partial charge in [-0.05, 0) is 66.3 Å². The highest BCUT2D eigenvalue weighted by Crippen LogP contribution is 2.36. The van der Waals surface area contributed by atoms with Gasteiger partial charge in [-0.2, -0.15) is 0 Å². The van der Waals surface area contributed by atoms with Crippen molar-refractivity contribution >= 4 is 33.2 Å². The molecule has 0 bridgehead atoms. The van der Waals surface area contributed by atoms with Crippen molar-refractivity contribution in [3.05, 3.63) is 113 Å². The molecule has 196 valence electrons. The molecule has 0 aliphatic heterocycles. The molecule has 3 aromatic carbocycles. The van der Waals surface area contributed by atoms with E-state index in [0.717, 1.165) is 34.6 Å². The Balaban J connectivity index is 1.42. The molecule has 0 saturated carbocycles. The Kier molecular flexibility index (Phi) is 7.65. The average molecular weight is 549 g/mol. The zero-order chi connectivity index (χ0) is 26.7. The monoisotopic (exact) mass is 548 g/mol. The van der Waals surface area contributed by atoms with Crippen molar-refractivity contribution in [3.63, 3.8) is 0 Å². The molecule has 1 unspecified atom stereocenters. The maximum absolute atomic E-state index is 13.5. The van der Waals surface area contributed by atoms with Crippen molar-refractivity contribution in [1.29, 1.82) is 0 Å². The zero-order valence-electron chi connectivity index (χ0n) is 21.0. The van der Waals surface area contributed by atoms with Crippen LogP contribution in [0.5, 0.6) is 0 Å². The molecule has 0 radical (unpaired) electrons. The highest BCUT2D eigenvalue weighted by Gasteiger charge is 2.29. The number of nitrogens with zero attached hydrogens (tertiary/aromatic N) is 3. The van der Waals surface area contributed by atoms with Crippen molar-refractivity contribution in [2.24, 2.45) is 7.05 Å². The predicted octanol–water partition coefficient (Wildman–Crippen LogP) is 5.21. The standard InChI is InChI=1S/C29H29ClN4O3S/c1-33-17-16-31-28(33)20-34(29(35)15-10-21-6-3-2-4-7-21)24-13-11-22-12-14-27(26(22)19-24)32-38(36,37)25-9-5-8-23(30)18-25/h2-9,11,13,16-19,27,32H,10,12,14-15,20H2,1H3. The van der Waals surface area contributed by atoms with Crippen molar-refractivity contribution in [1.82, 2.24) is 14.3 Å². The van der Waals surface area contributed by atoms with Gasteiger partial charge in [0.05, 0.1) is 11.4 Å². The van der Waals surface area contributed by atoms with Gasteiger partial charge >= 0.3 is 0 Å². The Bertz CT molecular complexity index is 1550. The maximum Gasteiger partial charge on any atom is 0.241 e. The lowest BCUT2D eigenvalue weighted by Gasteiger charge is -2.24. The van der Waals surface area contributed by atoms with Gasteiger partial charge in [-0.15, -0.1) is 0 Å². The molecule has 4 aromatic rings. The number of carbonyl (C=O) groups is 1. The van der Waals surface area contributed by atoms with Crippen LogP contribution in [0.4, 0.5) is 5.69 Å². The molecule has 0 spiro atoms. The number of aryl methyl sites for hydroxylation is 3. The number of imidazole rings is 1. The van der Waals surface area contributed by atoms with Gasteiger partial charge in [-0.25, -0.2) is 18.1 Å². The highest BCUT2D eigenvalue weighted by atomic mass is 35.5. The minimum absolute atomic E-state index is 0.0224. The molecule has 1 amide bonds. The first-order valence-corrected chi connectivity index (χ1v) is 14.4. The Hall–Kier alpha value is -3.46. The van der Waals surface area contributed by atoms with E-state index in [1.165, 1.54) is 12.1 Å². The molecule has 5 rings (SSSR count). The smallest absolute Gasteiger partial charge is 0.241 e. The minimum Gasteiger partial charge on any atom is -0.337 e. The van der Waals surface area contributed by atoms with E-state index in [2.05, 4.69) is 9.71 Å². The molecule has 7 nitrogen and oxygen atoms in total. The average Bonchev–Trinajstić information content (AvgIpc) is 3.51. The van der Waals surface area contributed by atoms with Crippen molar-refractivity contribution < 1.29 is 13.2 Å². The van der Waals surface area contributed by atoms with Crippen LogP contribution in [0.2, 0.25) is 5.02 Å². The third-order valence-corrected chi connectivity index (χ3v) is 8.62. The fourth-order valence-corrected chi connectivity index (χ4v) is 6.36. The van der Waals surface area contributed by atoms with Crippen molar-refractivity contribution in [2.75, 3.05) is 4.90 Å². The normalized spacial score (nSPS) is 14.8. The summed E-state index contributed by atoms with van der Waals surface area (Å²) in [6.45, 7) is 0.314. The second-order valence-corrected chi connectivity index (χ2v) is 11.6. The number of benzene rings is 3. The molecular weight excluding hydrogens is 520 g/mol. The van der Waals surface area contributed by atoms with Crippen LogP contribution in [-0.2, 0) is 41.3 Å². The molecular formula is C29H29ClN4O3S. The molecule has 1 N–H and O–H groups in total. The summed E-state index contributed by atoms with van der Waals surface area (Å²) in [6, 6.07) is 21.6. The first-order valence-electron chi connectivity index (χ1n) is 12.5. The summed E-state index contributed by atoms with van der Waals surface area (Å²) in [5, 5.41) is 0.362. The summed E-state index contributed by atoms with van der Waals surface area (Å²) in [4.78, 5) is 19.8. The van der Waals surface area contributed by atoms with E-state index in [-0.39, 0.29) is 10.8 Å². The van der Waals surface area contributed by atoms with Crippen LogP contribution in [0.15, 0.2) is 90.1 Å². The summed E-state index contributed by atoms with van der Waals surface area (Å²) in [6.07, 6.45) is 5.93. The van der Waals surface area contributed by atoms with Gasteiger partial charge in [0.2, 0.25) is 15.9 Å². The molecule has 38 heavy (non-hydrogen) atoms. The first-order chi connectivity index (χ1) is 18.3. The topological polar surface area (TPSA) is 84.3 Å². The Morgan fingerprint density at radius 3 is 2.66 bits per heavy atom. The van der Waals surface area contributed by atoms with Crippen LogP contribution in [0.25, 0.3) is 0 Å². The number of rotatable bonds is 9. The van der Waals surface area contributed by atoms with Crippen LogP contribution in [-0.4, -0.2) is 23.9 Å². The maximum atomic E-state index is 13.5. The zero-order valence-corrected chi connectivity index (χ0v) is 22.6. The van der Waals surface area contributed by atoms with Crippen LogP contribution in [0.3, 0.4) is 0 Å². The number of amides is 1. The molecule has 1 aliphatic carbocycles. The largest absolute Gasteiger partial charge is 0.337 e.